The molecule has 0 unspecified atom stereocenters. The SMILES string of the molecule is Fc1cc(F)cc(-c2c(-n3c4ccccc4c4cc(-c5ccc(-c6ccccc6)nc5)ccc43)cc(C(F)(F)F)cc2-n2c3ccccc3c3cc(-c4ccc(-c5ccccc5)nc4)ccc32)c1. The van der Waals surface area contributed by atoms with Crippen LogP contribution in [0.25, 0.3) is 111 Å². The summed E-state index contributed by atoms with van der Waals surface area (Å²) in [7, 11) is 0. The Kier molecular flexibility index (Phi) is 9.62. The van der Waals surface area contributed by atoms with Gasteiger partial charge >= 0.3 is 6.18 Å². The molecule has 0 atom stereocenters. The van der Waals surface area contributed by atoms with Gasteiger partial charge in [0.1, 0.15) is 11.6 Å². The maximum atomic E-state index is 15.6. The number of hydrogen-bond donors (Lipinski definition) is 0. The van der Waals surface area contributed by atoms with Crippen LogP contribution in [-0.4, -0.2) is 19.1 Å². The lowest BCUT2D eigenvalue weighted by atomic mass is 9.97. The molecule has 4 aromatic heterocycles. The number of rotatable bonds is 7. The first-order valence-corrected chi connectivity index (χ1v) is 22.0. The van der Waals surface area contributed by atoms with Crippen LogP contribution in [0.2, 0.25) is 0 Å². The molecule has 12 aromatic rings. The van der Waals surface area contributed by atoms with Crippen LogP contribution in [0.3, 0.4) is 0 Å². The minimum absolute atomic E-state index is 0.0699. The predicted octanol–water partition coefficient (Wildman–Crippen LogP) is 16.3. The van der Waals surface area contributed by atoms with E-state index < -0.39 is 23.4 Å². The second-order valence-corrected chi connectivity index (χ2v) is 16.8. The number of nitrogens with zero attached hydrogens (tertiary/aromatic N) is 4. The van der Waals surface area contributed by atoms with Gasteiger partial charge in [-0.1, -0.05) is 121 Å². The fourth-order valence-electron chi connectivity index (χ4n) is 9.63. The second-order valence-electron chi connectivity index (χ2n) is 16.8. The zero-order valence-electron chi connectivity index (χ0n) is 35.9. The summed E-state index contributed by atoms with van der Waals surface area (Å²) >= 11 is 0. The summed E-state index contributed by atoms with van der Waals surface area (Å²) < 4.78 is 81.3. The van der Waals surface area contributed by atoms with Crippen LogP contribution in [0.5, 0.6) is 0 Å². The van der Waals surface area contributed by atoms with Crippen molar-refractivity contribution >= 4 is 43.6 Å². The molecule has 0 radical (unpaired) electrons. The molecule has 0 bridgehead atoms. The van der Waals surface area contributed by atoms with Crippen molar-refractivity contribution in [1.82, 2.24) is 19.1 Å². The highest BCUT2D eigenvalue weighted by atomic mass is 19.4. The number of fused-ring (bicyclic) bond motifs is 6. The van der Waals surface area contributed by atoms with Gasteiger partial charge < -0.3 is 9.13 Å². The second kappa shape index (κ2) is 16.0. The average Bonchev–Trinajstić information content (AvgIpc) is 3.88. The van der Waals surface area contributed by atoms with Gasteiger partial charge in [0.2, 0.25) is 0 Å². The molecule has 0 N–H and O–H groups in total. The molecule has 8 aromatic carbocycles. The fraction of sp³-hybridized carbons (Fsp3) is 0.0169. The van der Waals surface area contributed by atoms with E-state index in [0.29, 0.717) is 22.1 Å². The third-order valence-corrected chi connectivity index (χ3v) is 12.7. The van der Waals surface area contributed by atoms with Crippen molar-refractivity contribution in [2.24, 2.45) is 0 Å². The Morgan fingerprint density at radius 1 is 0.338 bits per heavy atom. The first kappa shape index (κ1) is 40.8. The molecular weight excluding hydrogens is 860 g/mol. The van der Waals surface area contributed by atoms with Gasteiger partial charge in [0.15, 0.2) is 0 Å². The van der Waals surface area contributed by atoms with Crippen LogP contribution in [-0.2, 0) is 6.18 Å². The summed E-state index contributed by atoms with van der Waals surface area (Å²) in [6, 6.07) is 59.6. The van der Waals surface area contributed by atoms with E-state index in [2.05, 4.69) is 0 Å². The highest BCUT2D eigenvalue weighted by Gasteiger charge is 2.34. The van der Waals surface area contributed by atoms with Gasteiger partial charge in [-0.15, -0.1) is 0 Å². The first-order valence-electron chi connectivity index (χ1n) is 22.0. The van der Waals surface area contributed by atoms with Crippen molar-refractivity contribution in [1.29, 1.82) is 0 Å². The fourth-order valence-corrected chi connectivity index (χ4v) is 9.63. The van der Waals surface area contributed by atoms with Crippen LogP contribution < -0.4 is 0 Å². The van der Waals surface area contributed by atoms with Crippen molar-refractivity contribution in [3.05, 3.63) is 230 Å². The Labute approximate surface area is 386 Å². The average molecular weight is 895 g/mol. The highest BCUT2D eigenvalue weighted by Crippen LogP contribution is 2.46. The van der Waals surface area contributed by atoms with E-state index in [1.807, 2.05) is 182 Å². The van der Waals surface area contributed by atoms with E-state index in [9.17, 15) is 0 Å². The van der Waals surface area contributed by atoms with E-state index in [-0.39, 0.29) is 22.5 Å². The van der Waals surface area contributed by atoms with E-state index in [1.54, 1.807) is 9.13 Å². The Balaban J connectivity index is 1.10. The molecule has 0 saturated heterocycles. The smallest absolute Gasteiger partial charge is 0.309 e. The Morgan fingerprint density at radius 2 is 0.750 bits per heavy atom. The van der Waals surface area contributed by atoms with Crippen molar-refractivity contribution in [3.8, 4) is 67.3 Å². The molecule has 0 fully saturated rings. The van der Waals surface area contributed by atoms with Crippen molar-refractivity contribution < 1.29 is 22.0 Å². The summed E-state index contributed by atoms with van der Waals surface area (Å²) in [6.07, 6.45) is -1.19. The lowest BCUT2D eigenvalue weighted by molar-refractivity contribution is -0.137. The summed E-state index contributed by atoms with van der Waals surface area (Å²) in [5, 5.41) is 3.11. The maximum Gasteiger partial charge on any atom is 0.416 e. The van der Waals surface area contributed by atoms with Crippen LogP contribution in [0.15, 0.2) is 213 Å². The summed E-state index contributed by atoms with van der Waals surface area (Å²) in [4.78, 5) is 9.49. The molecule has 0 amide bonds. The van der Waals surface area contributed by atoms with E-state index in [4.69, 9.17) is 9.97 Å². The molecule has 4 nitrogen and oxygen atoms in total. The van der Waals surface area contributed by atoms with Gasteiger partial charge in [-0.05, 0) is 89.5 Å². The number of alkyl halides is 3. The van der Waals surface area contributed by atoms with E-state index >= 15 is 22.0 Å². The monoisotopic (exact) mass is 894 g/mol. The van der Waals surface area contributed by atoms with Crippen molar-refractivity contribution in [3.63, 3.8) is 0 Å². The largest absolute Gasteiger partial charge is 0.416 e. The lowest BCUT2D eigenvalue weighted by Gasteiger charge is -2.23. The number of para-hydroxylation sites is 2. The summed E-state index contributed by atoms with van der Waals surface area (Å²) in [5.41, 5.74) is 9.02. The number of halogens is 5. The normalized spacial score (nSPS) is 11.9. The molecule has 0 aliphatic heterocycles. The van der Waals surface area contributed by atoms with E-state index in [0.717, 1.165) is 84.5 Å². The third kappa shape index (κ3) is 6.98. The third-order valence-electron chi connectivity index (χ3n) is 12.7. The Bertz CT molecular complexity index is 3650. The topological polar surface area (TPSA) is 35.6 Å². The molecule has 326 valence electrons. The van der Waals surface area contributed by atoms with Gasteiger partial charge in [-0.2, -0.15) is 13.2 Å². The van der Waals surface area contributed by atoms with Gasteiger partial charge in [-0.3, -0.25) is 9.97 Å². The molecule has 68 heavy (non-hydrogen) atoms. The number of hydrogen-bond acceptors (Lipinski definition) is 2. The van der Waals surface area contributed by atoms with E-state index in [1.165, 1.54) is 12.1 Å². The quantitative estimate of drug-likeness (QED) is 0.149. The molecule has 0 saturated carbocycles. The highest BCUT2D eigenvalue weighted by molar-refractivity contribution is 6.13. The molecule has 0 aliphatic rings. The zero-order chi connectivity index (χ0) is 46.1. The van der Waals surface area contributed by atoms with Gasteiger partial charge in [0.05, 0.1) is 50.4 Å². The predicted molar refractivity (Wildman–Crippen MR) is 263 cm³/mol. The zero-order valence-corrected chi connectivity index (χ0v) is 35.9. The number of pyridine rings is 2. The number of aromatic nitrogens is 4. The molecule has 4 heterocycles. The van der Waals surface area contributed by atoms with Crippen LogP contribution in [0.4, 0.5) is 22.0 Å². The Morgan fingerprint density at radius 3 is 1.18 bits per heavy atom. The molecule has 0 aliphatic carbocycles. The summed E-state index contributed by atoms with van der Waals surface area (Å²) in [5.74, 6) is -1.73. The van der Waals surface area contributed by atoms with Crippen LogP contribution >= 0.6 is 0 Å². The van der Waals surface area contributed by atoms with Gasteiger partial charge in [0.25, 0.3) is 0 Å². The van der Waals surface area contributed by atoms with Crippen LogP contribution in [0.1, 0.15) is 5.56 Å². The van der Waals surface area contributed by atoms with Crippen molar-refractivity contribution in [2.75, 3.05) is 0 Å². The minimum atomic E-state index is -4.81. The lowest BCUT2D eigenvalue weighted by Crippen LogP contribution is -2.11. The molecule has 12 rings (SSSR count). The summed E-state index contributed by atoms with van der Waals surface area (Å²) in [6.45, 7) is 0. The molecular formula is C59H35F5N4. The van der Waals surface area contributed by atoms with Gasteiger partial charge in [-0.25, -0.2) is 8.78 Å². The minimum Gasteiger partial charge on any atom is -0.309 e. The van der Waals surface area contributed by atoms with Crippen molar-refractivity contribution in [2.45, 2.75) is 6.18 Å². The standard InChI is InChI=1S/C59H35F5N4/c60-44-27-42(28-45(61)33-44)58-56(67-52-17-9-7-15-46(52)48-29-38(21-25-54(48)67)40-19-23-50(65-34-40)36-11-3-1-4-12-36)31-43(59(62,63)64)32-57(58)68-53-18-10-8-16-47(53)49-30-39(22-26-55(49)68)41-20-24-51(66-35-41)37-13-5-2-6-14-37/h1-35H. The Hall–Kier alpha value is -8.69. The maximum absolute atomic E-state index is 15.6. The molecule has 9 heteroatoms. The molecule has 0 spiro atoms. The number of benzene rings is 8. The first-order chi connectivity index (χ1) is 33.2. The van der Waals surface area contributed by atoms with Gasteiger partial charge in [0, 0.05) is 67.8 Å². The van der Waals surface area contributed by atoms with Crippen LogP contribution in [0, 0.1) is 11.6 Å².